The maximum Gasteiger partial charge on any atom is 0.237 e. The molecule has 1 aromatic carbocycles. The molecule has 0 bridgehead atoms. The van der Waals surface area contributed by atoms with E-state index in [4.69, 9.17) is 0 Å². The normalized spacial score (nSPS) is 17.2. The second-order valence-corrected chi connectivity index (χ2v) is 4.23. The summed E-state index contributed by atoms with van der Waals surface area (Å²) in [4.78, 5) is 5.68. The summed E-state index contributed by atoms with van der Waals surface area (Å²) in [5.41, 5.74) is 3.15. The number of aliphatic imine (C=N–C) groups is 1. The molecule has 2 nitrogen and oxygen atoms in total. The summed E-state index contributed by atoms with van der Waals surface area (Å²) in [5.74, 6) is -0.484. The Morgan fingerprint density at radius 1 is 1.42 bits per heavy atom. The number of aryl methyl sites for hydroxylation is 1. The average molecular weight is 256 g/mol. The summed E-state index contributed by atoms with van der Waals surface area (Å²) < 4.78 is 14.0. The summed E-state index contributed by atoms with van der Waals surface area (Å²) in [7, 11) is 0. The summed E-state index contributed by atoms with van der Waals surface area (Å²) in [5, 5.41) is 0. The Kier molecular flexibility index (Phi) is 3.95. The van der Waals surface area contributed by atoms with Gasteiger partial charge in [-0.15, -0.1) is 0 Å². The molecule has 1 aromatic rings. The Bertz CT molecular complexity index is 582. The van der Waals surface area contributed by atoms with Gasteiger partial charge in [0.2, 0.25) is 5.97 Å². The third-order valence-corrected chi connectivity index (χ3v) is 3.07. The van der Waals surface area contributed by atoms with E-state index < -0.39 is 5.97 Å². The molecule has 0 aromatic heterocycles. The van der Waals surface area contributed by atoms with Gasteiger partial charge in [0.05, 0.1) is 11.4 Å². The molecule has 1 aliphatic heterocycles. The zero-order chi connectivity index (χ0) is 13.8. The summed E-state index contributed by atoms with van der Waals surface area (Å²) in [6.07, 6.45) is 5.99. The highest BCUT2D eigenvalue weighted by Gasteiger charge is 2.18. The predicted octanol–water partition coefficient (Wildman–Crippen LogP) is 4.28. The van der Waals surface area contributed by atoms with Crippen LogP contribution in [0.15, 0.2) is 60.0 Å². The molecular weight excluding hydrogens is 239 g/mol. The number of benzene rings is 1. The van der Waals surface area contributed by atoms with E-state index in [2.05, 4.69) is 24.6 Å². The molecule has 0 saturated heterocycles. The van der Waals surface area contributed by atoms with Gasteiger partial charge in [-0.1, -0.05) is 37.8 Å². The highest BCUT2D eigenvalue weighted by atomic mass is 19.1. The molecule has 19 heavy (non-hydrogen) atoms. The molecule has 0 amide bonds. The van der Waals surface area contributed by atoms with Crippen LogP contribution in [0.25, 0.3) is 5.70 Å². The fourth-order valence-corrected chi connectivity index (χ4v) is 2.01. The van der Waals surface area contributed by atoms with Crippen LogP contribution in [-0.2, 0) is 6.42 Å². The van der Waals surface area contributed by atoms with Crippen molar-refractivity contribution in [3.63, 3.8) is 0 Å². The average Bonchev–Trinajstić information content (AvgIpc) is 2.46. The molecule has 1 aliphatic rings. The van der Waals surface area contributed by atoms with Crippen LogP contribution < -0.4 is 0 Å². The van der Waals surface area contributed by atoms with Crippen molar-refractivity contribution in [2.24, 2.45) is 4.99 Å². The standard InChI is InChI=1S/C16H17FN2/c1-4-12-8-7-9-13(10-12)14-11-19(6-3)15(5-2)16(17)18-14/h5-11H,3-4H2,1-2H3/b15-5-. The molecule has 0 unspecified atom stereocenters. The molecule has 0 aliphatic carbocycles. The van der Waals surface area contributed by atoms with Gasteiger partial charge in [-0.05, 0) is 25.0 Å². The molecule has 0 radical (unpaired) electrons. The molecule has 0 spiro atoms. The fourth-order valence-electron chi connectivity index (χ4n) is 2.01. The van der Waals surface area contributed by atoms with Crippen molar-refractivity contribution < 1.29 is 4.39 Å². The lowest BCUT2D eigenvalue weighted by molar-refractivity contribution is 0.624. The van der Waals surface area contributed by atoms with Crippen molar-refractivity contribution in [1.82, 2.24) is 4.90 Å². The van der Waals surface area contributed by atoms with E-state index >= 15 is 0 Å². The van der Waals surface area contributed by atoms with Crippen LogP contribution >= 0.6 is 0 Å². The molecule has 0 fully saturated rings. The molecule has 1 heterocycles. The minimum Gasteiger partial charge on any atom is -0.319 e. The van der Waals surface area contributed by atoms with E-state index in [0.717, 1.165) is 12.0 Å². The first-order valence-corrected chi connectivity index (χ1v) is 6.32. The van der Waals surface area contributed by atoms with Gasteiger partial charge in [-0.3, -0.25) is 0 Å². The quantitative estimate of drug-likeness (QED) is 0.788. The number of rotatable bonds is 3. The van der Waals surface area contributed by atoms with E-state index in [-0.39, 0.29) is 0 Å². The Morgan fingerprint density at radius 3 is 2.84 bits per heavy atom. The van der Waals surface area contributed by atoms with E-state index in [1.54, 1.807) is 30.3 Å². The lowest BCUT2D eigenvalue weighted by Gasteiger charge is -2.22. The van der Waals surface area contributed by atoms with Gasteiger partial charge in [0.25, 0.3) is 0 Å². The van der Waals surface area contributed by atoms with Gasteiger partial charge in [0.15, 0.2) is 0 Å². The SMILES string of the molecule is C=CN1C=C(c2cccc(CC)c2)N=C(F)/C1=C/C. The number of hydrogen-bond acceptors (Lipinski definition) is 2. The molecule has 2 rings (SSSR count). The van der Waals surface area contributed by atoms with Crippen molar-refractivity contribution in [1.29, 1.82) is 0 Å². The van der Waals surface area contributed by atoms with Gasteiger partial charge >= 0.3 is 0 Å². The summed E-state index contributed by atoms with van der Waals surface area (Å²) >= 11 is 0. The Labute approximate surface area is 113 Å². The first-order valence-electron chi connectivity index (χ1n) is 6.32. The van der Waals surface area contributed by atoms with Gasteiger partial charge in [0, 0.05) is 18.0 Å². The Morgan fingerprint density at radius 2 is 2.21 bits per heavy atom. The number of allylic oxidation sites excluding steroid dienone is 2. The first kappa shape index (κ1) is 13.3. The lowest BCUT2D eigenvalue weighted by atomic mass is 10.1. The first-order chi connectivity index (χ1) is 9.19. The van der Waals surface area contributed by atoms with E-state index in [9.17, 15) is 4.39 Å². The van der Waals surface area contributed by atoms with Crippen LogP contribution in [-0.4, -0.2) is 10.9 Å². The van der Waals surface area contributed by atoms with Crippen LogP contribution in [0.5, 0.6) is 0 Å². The maximum atomic E-state index is 14.0. The topological polar surface area (TPSA) is 15.6 Å². The third-order valence-electron chi connectivity index (χ3n) is 3.07. The van der Waals surface area contributed by atoms with E-state index in [0.29, 0.717) is 11.4 Å². The molecule has 0 atom stereocenters. The van der Waals surface area contributed by atoms with E-state index in [1.807, 2.05) is 18.2 Å². The minimum absolute atomic E-state index is 0.422. The fraction of sp³-hybridized carbons (Fsp3) is 0.188. The largest absolute Gasteiger partial charge is 0.319 e. The van der Waals surface area contributed by atoms with Crippen LogP contribution in [0.4, 0.5) is 4.39 Å². The molecule has 0 saturated carbocycles. The van der Waals surface area contributed by atoms with E-state index in [1.165, 1.54) is 5.56 Å². The number of hydrogen-bond donors (Lipinski definition) is 0. The number of nitrogens with zero attached hydrogens (tertiary/aromatic N) is 2. The van der Waals surface area contributed by atoms with Crippen molar-refractivity contribution in [3.05, 3.63) is 66.1 Å². The van der Waals surface area contributed by atoms with Crippen molar-refractivity contribution in [2.45, 2.75) is 20.3 Å². The van der Waals surface area contributed by atoms with Gasteiger partial charge in [-0.2, -0.15) is 4.39 Å². The minimum atomic E-state index is -0.484. The zero-order valence-corrected chi connectivity index (χ0v) is 11.2. The summed E-state index contributed by atoms with van der Waals surface area (Å²) in [6.45, 7) is 7.56. The van der Waals surface area contributed by atoms with Gasteiger partial charge < -0.3 is 4.90 Å². The highest BCUT2D eigenvalue weighted by Crippen LogP contribution is 2.26. The van der Waals surface area contributed by atoms with Crippen molar-refractivity contribution in [2.75, 3.05) is 0 Å². The van der Waals surface area contributed by atoms with Crippen LogP contribution in [0, 0.1) is 0 Å². The second kappa shape index (κ2) is 5.65. The monoisotopic (exact) mass is 256 g/mol. The Hall–Kier alpha value is -2.16. The van der Waals surface area contributed by atoms with Crippen LogP contribution in [0.2, 0.25) is 0 Å². The zero-order valence-electron chi connectivity index (χ0n) is 11.2. The molecule has 3 heteroatoms. The summed E-state index contributed by atoms with van der Waals surface area (Å²) in [6, 6.07) is 7.98. The van der Waals surface area contributed by atoms with Crippen molar-refractivity contribution in [3.8, 4) is 0 Å². The third kappa shape index (κ3) is 2.65. The van der Waals surface area contributed by atoms with Crippen LogP contribution in [0.3, 0.4) is 0 Å². The van der Waals surface area contributed by atoms with Gasteiger partial charge in [-0.25, -0.2) is 4.99 Å². The smallest absolute Gasteiger partial charge is 0.237 e. The maximum absolute atomic E-state index is 14.0. The lowest BCUT2D eigenvalue weighted by Crippen LogP contribution is -2.18. The highest BCUT2D eigenvalue weighted by molar-refractivity contribution is 5.98. The predicted molar refractivity (Wildman–Crippen MR) is 78.1 cm³/mol. The number of halogens is 1. The molecule has 0 N–H and O–H groups in total. The molecule has 98 valence electrons. The van der Waals surface area contributed by atoms with Crippen molar-refractivity contribution >= 4 is 11.7 Å². The van der Waals surface area contributed by atoms with Gasteiger partial charge in [0.1, 0.15) is 0 Å². The second-order valence-electron chi connectivity index (χ2n) is 4.23. The molecular formula is C16H17FN2. The Balaban J connectivity index is 2.45. The van der Waals surface area contributed by atoms with Crippen LogP contribution in [0.1, 0.15) is 25.0 Å².